The van der Waals surface area contributed by atoms with Gasteiger partial charge in [0.05, 0.1) is 12.1 Å². The lowest BCUT2D eigenvalue weighted by molar-refractivity contribution is 0.497. The van der Waals surface area contributed by atoms with Gasteiger partial charge in [0.1, 0.15) is 11.5 Å². The molecule has 1 aromatic carbocycles. The van der Waals surface area contributed by atoms with Gasteiger partial charge in [0.15, 0.2) is 23.3 Å². The summed E-state index contributed by atoms with van der Waals surface area (Å²) in [5.41, 5.74) is 2.26. The van der Waals surface area contributed by atoms with Crippen molar-refractivity contribution in [2.75, 3.05) is 23.3 Å². The zero-order valence-electron chi connectivity index (χ0n) is 16.8. The van der Waals surface area contributed by atoms with Gasteiger partial charge in [-0.05, 0) is 42.2 Å². The standard InChI is InChI=1S/C20H18F2N10/c21-14-5-10-3-13(4-11(10)6-15(14)22)25-20-23-2-1-16(26-20)19-24-7-17(27-19)32-8-12(9-32)18-28-30-31-29-18/h1-2,5-7,12-13H,3-4,8-9H2,(H,24,27)(H,23,25,26)(H,28,29,30,31). The van der Waals surface area contributed by atoms with E-state index in [1.807, 2.05) is 0 Å². The second-order valence-corrected chi connectivity index (χ2v) is 8.04. The van der Waals surface area contributed by atoms with Crippen molar-refractivity contribution in [1.82, 2.24) is 40.6 Å². The van der Waals surface area contributed by atoms with E-state index in [1.165, 1.54) is 12.1 Å². The molecule has 1 saturated heterocycles. The number of aromatic amines is 2. The number of anilines is 2. The number of hydrogen-bond acceptors (Lipinski definition) is 8. The summed E-state index contributed by atoms with van der Waals surface area (Å²) in [5, 5.41) is 17.4. The van der Waals surface area contributed by atoms with E-state index < -0.39 is 11.6 Å². The van der Waals surface area contributed by atoms with E-state index in [0.29, 0.717) is 36.1 Å². The van der Waals surface area contributed by atoms with Crippen LogP contribution in [0.3, 0.4) is 0 Å². The average Bonchev–Trinajstić information content (AvgIpc) is 3.49. The van der Waals surface area contributed by atoms with Crippen molar-refractivity contribution < 1.29 is 8.78 Å². The third-order valence-corrected chi connectivity index (χ3v) is 5.92. The van der Waals surface area contributed by atoms with Crippen molar-refractivity contribution in [2.24, 2.45) is 0 Å². The van der Waals surface area contributed by atoms with E-state index in [-0.39, 0.29) is 12.0 Å². The minimum Gasteiger partial charge on any atom is -0.355 e. The summed E-state index contributed by atoms with van der Waals surface area (Å²) in [6, 6.07) is 4.29. The van der Waals surface area contributed by atoms with Crippen LogP contribution in [0, 0.1) is 11.6 Å². The van der Waals surface area contributed by atoms with E-state index in [2.05, 4.69) is 50.8 Å². The minimum absolute atomic E-state index is 0.0308. The van der Waals surface area contributed by atoms with Crippen molar-refractivity contribution in [3.8, 4) is 11.5 Å². The molecule has 0 amide bonds. The maximum absolute atomic E-state index is 13.5. The molecular formula is C20H18F2N10. The Morgan fingerprint density at radius 2 is 1.84 bits per heavy atom. The van der Waals surface area contributed by atoms with Gasteiger partial charge in [-0.2, -0.15) is 5.21 Å². The zero-order chi connectivity index (χ0) is 21.7. The highest BCUT2D eigenvalue weighted by Crippen LogP contribution is 2.30. The SMILES string of the molecule is Fc1cc2c(cc1F)CC(Nc1nccc(-c3ncc(N4CC(c5nn[nH]n5)C4)[nH]3)n1)C2. The Kier molecular flexibility index (Phi) is 4.30. The number of tetrazole rings is 1. The summed E-state index contributed by atoms with van der Waals surface area (Å²) >= 11 is 0. The van der Waals surface area contributed by atoms with Crippen LogP contribution in [-0.4, -0.2) is 59.7 Å². The van der Waals surface area contributed by atoms with Crippen LogP contribution in [0.15, 0.2) is 30.6 Å². The Hall–Kier alpha value is -3.96. The Bertz CT molecular complexity index is 1230. The van der Waals surface area contributed by atoms with Crippen LogP contribution in [0.2, 0.25) is 0 Å². The maximum Gasteiger partial charge on any atom is 0.223 e. The first kappa shape index (κ1) is 18.8. The summed E-state index contributed by atoms with van der Waals surface area (Å²) in [5.74, 6) is 1.29. The van der Waals surface area contributed by atoms with Crippen molar-refractivity contribution >= 4 is 11.8 Å². The Balaban J connectivity index is 1.13. The van der Waals surface area contributed by atoms with Crippen LogP contribution < -0.4 is 10.2 Å². The molecule has 162 valence electrons. The van der Waals surface area contributed by atoms with Gasteiger partial charge >= 0.3 is 0 Å². The number of rotatable bonds is 5. The molecule has 4 heterocycles. The monoisotopic (exact) mass is 436 g/mol. The van der Waals surface area contributed by atoms with E-state index in [0.717, 1.165) is 30.0 Å². The van der Waals surface area contributed by atoms with E-state index in [4.69, 9.17) is 0 Å². The summed E-state index contributed by atoms with van der Waals surface area (Å²) in [7, 11) is 0. The van der Waals surface area contributed by atoms with Gasteiger partial charge < -0.3 is 15.2 Å². The van der Waals surface area contributed by atoms with Gasteiger partial charge in [-0.3, -0.25) is 0 Å². The molecule has 1 fully saturated rings. The molecule has 1 aliphatic heterocycles. The number of halogens is 2. The van der Waals surface area contributed by atoms with Gasteiger partial charge in [-0.25, -0.2) is 23.7 Å². The third kappa shape index (κ3) is 3.33. The number of fused-ring (bicyclic) bond motifs is 1. The van der Waals surface area contributed by atoms with E-state index in [9.17, 15) is 8.78 Å². The van der Waals surface area contributed by atoms with Crippen molar-refractivity contribution in [3.63, 3.8) is 0 Å². The third-order valence-electron chi connectivity index (χ3n) is 5.92. The minimum atomic E-state index is -0.818. The average molecular weight is 436 g/mol. The molecule has 4 aromatic rings. The van der Waals surface area contributed by atoms with Crippen LogP contribution in [-0.2, 0) is 12.8 Å². The molecule has 6 rings (SSSR count). The van der Waals surface area contributed by atoms with Crippen LogP contribution in [0.4, 0.5) is 20.5 Å². The first-order valence-corrected chi connectivity index (χ1v) is 10.2. The molecular weight excluding hydrogens is 418 g/mol. The maximum atomic E-state index is 13.5. The van der Waals surface area contributed by atoms with Crippen LogP contribution in [0.5, 0.6) is 0 Å². The molecule has 0 unspecified atom stereocenters. The smallest absolute Gasteiger partial charge is 0.223 e. The fraction of sp³-hybridized carbons (Fsp3) is 0.300. The largest absolute Gasteiger partial charge is 0.355 e. The van der Waals surface area contributed by atoms with E-state index >= 15 is 0 Å². The fourth-order valence-corrected chi connectivity index (χ4v) is 4.24. The molecule has 3 aromatic heterocycles. The summed E-state index contributed by atoms with van der Waals surface area (Å²) < 4.78 is 27.0. The molecule has 0 atom stereocenters. The van der Waals surface area contributed by atoms with E-state index in [1.54, 1.807) is 18.5 Å². The summed E-state index contributed by atoms with van der Waals surface area (Å²) in [6.45, 7) is 1.56. The predicted octanol–water partition coefficient (Wildman–Crippen LogP) is 1.84. The Morgan fingerprint density at radius 3 is 2.56 bits per heavy atom. The van der Waals surface area contributed by atoms with Gasteiger partial charge in [0.2, 0.25) is 5.95 Å². The van der Waals surface area contributed by atoms with Crippen molar-refractivity contribution in [1.29, 1.82) is 0 Å². The number of nitrogens with one attached hydrogen (secondary N) is 3. The van der Waals surface area contributed by atoms with Crippen LogP contribution >= 0.6 is 0 Å². The second-order valence-electron chi connectivity index (χ2n) is 8.04. The molecule has 12 heteroatoms. The Labute approximate surface area is 180 Å². The fourth-order valence-electron chi connectivity index (χ4n) is 4.24. The summed E-state index contributed by atoms with van der Waals surface area (Å²) in [6.07, 6.45) is 4.60. The lowest BCUT2D eigenvalue weighted by Crippen LogP contribution is -2.45. The summed E-state index contributed by atoms with van der Waals surface area (Å²) in [4.78, 5) is 18.7. The topological polar surface area (TPSA) is 124 Å². The molecule has 3 N–H and O–H groups in total. The van der Waals surface area contributed by atoms with Gasteiger partial charge in [0, 0.05) is 25.3 Å². The number of H-pyrrole nitrogens is 2. The molecule has 32 heavy (non-hydrogen) atoms. The van der Waals surface area contributed by atoms with Crippen LogP contribution in [0.1, 0.15) is 22.9 Å². The lowest BCUT2D eigenvalue weighted by atomic mass is 10.00. The second kappa shape index (κ2) is 7.32. The highest BCUT2D eigenvalue weighted by molar-refractivity contribution is 5.56. The molecule has 10 nitrogen and oxygen atoms in total. The van der Waals surface area contributed by atoms with Gasteiger partial charge in [-0.1, -0.05) is 5.21 Å². The van der Waals surface area contributed by atoms with Crippen LogP contribution in [0.25, 0.3) is 11.5 Å². The normalized spacial score (nSPS) is 16.2. The van der Waals surface area contributed by atoms with Gasteiger partial charge in [-0.15, -0.1) is 10.2 Å². The number of imidazole rings is 1. The van der Waals surface area contributed by atoms with Crippen molar-refractivity contribution in [3.05, 3.63) is 59.2 Å². The zero-order valence-corrected chi connectivity index (χ0v) is 16.8. The molecule has 0 radical (unpaired) electrons. The highest BCUT2D eigenvalue weighted by Gasteiger charge is 2.32. The number of aromatic nitrogens is 8. The Morgan fingerprint density at radius 1 is 1.06 bits per heavy atom. The molecule has 1 aliphatic carbocycles. The molecule has 0 saturated carbocycles. The quantitative estimate of drug-likeness (QED) is 0.433. The molecule has 0 spiro atoms. The highest BCUT2D eigenvalue weighted by atomic mass is 19.2. The molecule has 2 aliphatic rings. The number of nitrogens with zero attached hydrogens (tertiary/aromatic N) is 7. The molecule has 0 bridgehead atoms. The predicted molar refractivity (Wildman–Crippen MR) is 110 cm³/mol. The number of benzene rings is 1. The van der Waals surface area contributed by atoms with Gasteiger partial charge in [0.25, 0.3) is 0 Å². The first-order valence-electron chi connectivity index (χ1n) is 10.2. The number of hydrogen-bond donors (Lipinski definition) is 3. The first-order chi connectivity index (χ1) is 15.6. The lowest BCUT2D eigenvalue weighted by Gasteiger charge is -2.37. The van der Waals surface area contributed by atoms with Crippen molar-refractivity contribution in [2.45, 2.75) is 24.8 Å².